The van der Waals surface area contributed by atoms with Crippen molar-refractivity contribution in [3.05, 3.63) is 69.9 Å². The van der Waals surface area contributed by atoms with E-state index >= 15 is 0 Å². The highest BCUT2D eigenvalue weighted by Gasteiger charge is 2.21. The minimum atomic E-state index is -0.655. The summed E-state index contributed by atoms with van der Waals surface area (Å²) in [5, 5.41) is 10.0. The quantitative estimate of drug-likeness (QED) is 0.560. The second-order valence-corrected chi connectivity index (χ2v) is 5.58. The van der Waals surface area contributed by atoms with Crippen molar-refractivity contribution in [2.24, 2.45) is 0 Å². The Balaban J connectivity index is 1.72. The first-order valence-electron chi connectivity index (χ1n) is 6.75. The molecule has 6 heteroatoms. The maximum atomic E-state index is 12.1. The summed E-state index contributed by atoms with van der Waals surface area (Å²) in [6, 6.07) is 10.0. The number of nitrogens with zero attached hydrogens (tertiary/aromatic N) is 2. The Kier molecular flexibility index (Phi) is 4.20. The van der Waals surface area contributed by atoms with E-state index in [-0.39, 0.29) is 12.2 Å². The Hall–Kier alpha value is -2.60. The zero-order chi connectivity index (χ0) is 15.4. The molecule has 1 N–H and O–H groups in total. The van der Waals surface area contributed by atoms with Gasteiger partial charge in [0, 0.05) is 6.42 Å². The molecule has 3 rings (SSSR count). The Bertz CT molecular complexity index is 779. The van der Waals surface area contributed by atoms with Gasteiger partial charge < -0.3 is 0 Å². The van der Waals surface area contributed by atoms with Gasteiger partial charge in [-0.05, 0) is 33.9 Å². The van der Waals surface area contributed by atoms with Gasteiger partial charge in [0.2, 0.25) is 11.6 Å². The number of rotatable bonds is 6. The molecule has 2 heterocycles. The van der Waals surface area contributed by atoms with Gasteiger partial charge in [0.15, 0.2) is 0 Å². The van der Waals surface area contributed by atoms with Crippen LogP contribution in [0.1, 0.15) is 27.3 Å². The largest absolute Gasteiger partial charge is 0.290 e. The summed E-state index contributed by atoms with van der Waals surface area (Å²) >= 11 is 1.54. The molecule has 0 aliphatic carbocycles. The van der Waals surface area contributed by atoms with E-state index < -0.39 is 11.6 Å². The number of benzene rings is 1. The van der Waals surface area contributed by atoms with E-state index in [0.29, 0.717) is 0 Å². The van der Waals surface area contributed by atoms with E-state index in [1.807, 2.05) is 41.1 Å². The molecule has 3 aromatic rings. The van der Waals surface area contributed by atoms with E-state index in [1.54, 1.807) is 0 Å². The number of aromatic nitrogens is 3. The average Bonchev–Trinajstić information content (AvgIpc) is 3.20. The summed E-state index contributed by atoms with van der Waals surface area (Å²) in [6.45, 7) is 0. The van der Waals surface area contributed by atoms with Crippen LogP contribution in [0.2, 0.25) is 0 Å². The number of carbonyl (C=O) groups is 2. The molecule has 5 nitrogen and oxygen atoms in total. The highest BCUT2D eigenvalue weighted by Crippen LogP contribution is 2.20. The van der Waals surface area contributed by atoms with Crippen molar-refractivity contribution in [2.45, 2.75) is 12.8 Å². The van der Waals surface area contributed by atoms with Crippen LogP contribution in [0, 0.1) is 0 Å². The van der Waals surface area contributed by atoms with Crippen LogP contribution in [0.4, 0.5) is 0 Å². The van der Waals surface area contributed by atoms with Gasteiger partial charge in [0.05, 0.1) is 0 Å². The highest BCUT2D eigenvalue weighted by molar-refractivity contribution is 7.08. The van der Waals surface area contributed by atoms with Crippen molar-refractivity contribution in [3.63, 3.8) is 0 Å². The maximum absolute atomic E-state index is 12.1. The van der Waals surface area contributed by atoms with E-state index in [2.05, 4.69) is 15.2 Å². The summed E-state index contributed by atoms with van der Waals surface area (Å²) in [5.41, 5.74) is 3.14. The van der Waals surface area contributed by atoms with Crippen LogP contribution in [0.25, 0.3) is 0 Å². The molecule has 2 aromatic heterocycles. The van der Waals surface area contributed by atoms with E-state index in [4.69, 9.17) is 0 Å². The predicted molar refractivity (Wildman–Crippen MR) is 83.0 cm³/mol. The molecular weight excluding hydrogens is 298 g/mol. The van der Waals surface area contributed by atoms with Crippen molar-refractivity contribution < 1.29 is 9.59 Å². The van der Waals surface area contributed by atoms with E-state index in [1.165, 1.54) is 23.2 Å². The van der Waals surface area contributed by atoms with Crippen LogP contribution in [0.5, 0.6) is 0 Å². The standard InChI is InChI=1S/C16H13N3O2S/c20-14(15(21)16-17-10-18-19-16)7-13-9-22-8-12(13)6-11-4-2-1-3-5-11/h1-5,8-10H,6-7H2,(H,17,18,19). The predicted octanol–water partition coefficient (Wildman–Crippen LogP) is 2.45. The summed E-state index contributed by atoms with van der Waals surface area (Å²) in [7, 11) is 0. The number of hydrogen-bond acceptors (Lipinski definition) is 5. The molecule has 0 unspecified atom stereocenters. The third-order valence-electron chi connectivity index (χ3n) is 3.29. The Morgan fingerprint density at radius 3 is 2.59 bits per heavy atom. The monoisotopic (exact) mass is 311 g/mol. The molecule has 110 valence electrons. The molecule has 0 aliphatic rings. The second kappa shape index (κ2) is 6.44. The third kappa shape index (κ3) is 3.17. The van der Waals surface area contributed by atoms with E-state index in [0.717, 1.165) is 17.5 Å². The minimum absolute atomic E-state index is 0.0789. The summed E-state index contributed by atoms with van der Waals surface area (Å²) in [4.78, 5) is 27.7. The molecule has 0 radical (unpaired) electrons. The number of aromatic amines is 1. The SMILES string of the molecule is O=C(Cc1cscc1Cc1ccccc1)C(=O)c1nc[nH]n1. The minimum Gasteiger partial charge on any atom is -0.290 e. The molecule has 0 saturated heterocycles. The number of H-pyrrole nitrogens is 1. The fourth-order valence-electron chi connectivity index (χ4n) is 2.17. The molecule has 0 spiro atoms. The molecule has 0 amide bonds. The average molecular weight is 311 g/mol. The molecule has 1 aromatic carbocycles. The highest BCUT2D eigenvalue weighted by atomic mass is 32.1. The Morgan fingerprint density at radius 1 is 1.09 bits per heavy atom. The summed E-state index contributed by atoms with van der Waals surface area (Å²) < 4.78 is 0. The van der Waals surface area contributed by atoms with Gasteiger partial charge >= 0.3 is 0 Å². The lowest BCUT2D eigenvalue weighted by atomic mass is 10.00. The van der Waals surface area contributed by atoms with Gasteiger partial charge in [-0.2, -0.15) is 11.3 Å². The van der Waals surface area contributed by atoms with Crippen molar-refractivity contribution in [1.29, 1.82) is 0 Å². The molecule has 0 bridgehead atoms. The number of thiophene rings is 1. The fourth-order valence-corrected chi connectivity index (χ4v) is 3.04. The first-order valence-corrected chi connectivity index (χ1v) is 7.69. The maximum Gasteiger partial charge on any atom is 0.267 e. The smallest absolute Gasteiger partial charge is 0.267 e. The second-order valence-electron chi connectivity index (χ2n) is 4.84. The lowest BCUT2D eigenvalue weighted by Crippen LogP contribution is -2.18. The Labute approximate surface area is 131 Å². The zero-order valence-electron chi connectivity index (χ0n) is 11.7. The number of carbonyl (C=O) groups excluding carboxylic acids is 2. The normalized spacial score (nSPS) is 10.5. The molecule has 0 aliphatic heterocycles. The van der Waals surface area contributed by atoms with Crippen molar-refractivity contribution >= 4 is 22.9 Å². The van der Waals surface area contributed by atoms with Gasteiger partial charge in [-0.1, -0.05) is 30.3 Å². The molecule has 22 heavy (non-hydrogen) atoms. The summed E-state index contributed by atoms with van der Waals surface area (Å²) in [6.07, 6.45) is 2.12. The van der Waals surface area contributed by atoms with Gasteiger partial charge in [0.1, 0.15) is 6.33 Å². The molecule has 0 atom stereocenters. The molecule has 0 fully saturated rings. The van der Waals surface area contributed by atoms with E-state index in [9.17, 15) is 9.59 Å². The first kappa shape index (κ1) is 14.3. The Morgan fingerprint density at radius 2 is 1.86 bits per heavy atom. The molecular formula is C16H13N3O2S. The van der Waals surface area contributed by atoms with Crippen LogP contribution >= 0.6 is 11.3 Å². The van der Waals surface area contributed by atoms with Crippen molar-refractivity contribution in [1.82, 2.24) is 15.2 Å². The lowest BCUT2D eigenvalue weighted by Gasteiger charge is -2.03. The van der Waals surface area contributed by atoms with Crippen LogP contribution in [-0.4, -0.2) is 26.7 Å². The van der Waals surface area contributed by atoms with Crippen LogP contribution in [-0.2, 0) is 17.6 Å². The van der Waals surface area contributed by atoms with Crippen molar-refractivity contribution in [2.75, 3.05) is 0 Å². The molecule has 0 saturated carbocycles. The first-order chi connectivity index (χ1) is 10.7. The van der Waals surface area contributed by atoms with Crippen LogP contribution in [0.3, 0.4) is 0 Å². The van der Waals surface area contributed by atoms with Crippen LogP contribution in [0.15, 0.2) is 47.4 Å². The lowest BCUT2D eigenvalue weighted by molar-refractivity contribution is -0.114. The topological polar surface area (TPSA) is 75.7 Å². The number of Topliss-reactive ketones (excluding diaryl/α,β-unsaturated/α-hetero) is 2. The van der Waals surface area contributed by atoms with Gasteiger partial charge in [-0.25, -0.2) is 4.98 Å². The zero-order valence-corrected chi connectivity index (χ0v) is 12.5. The number of ketones is 2. The third-order valence-corrected chi connectivity index (χ3v) is 4.13. The van der Waals surface area contributed by atoms with Gasteiger partial charge in [-0.3, -0.25) is 14.7 Å². The number of nitrogens with one attached hydrogen (secondary N) is 1. The fraction of sp³-hybridized carbons (Fsp3) is 0.125. The van der Waals surface area contributed by atoms with Gasteiger partial charge in [-0.15, -0.1) is 5.10 Å². The number of hydrogen-bond donors (Lipinski definition) is 1. The van der Waals surface area contributed by atoms with Gasteiger partial charge in [0.25, 0.3) is 5.78 Å². The summed E-state index contributed by atoms with van der Waals surface area (Å²) in [5.74, 6) is -1.23. The van der Waals surface area contributed by atoms with Crippen molar-refractivity contribution in [3.8, 4) is 0 Å². The van der Waals surface area contributed by atoms with Crippen LogP contribution < -0.4 is 0 Å².